The van der Waals surface area contributed by atoms with Crippen molar-refractivity contribution in [3.8, 4) is 0 Å². The van der Waals surface area contributed by atoms with E-state index in [4.69, 9.17) is 11.6 Å². The molecule has 0 saturated heterocycles. The summed E-state index contributed by atoms with van der Waals surface area (Å²) in [7, 11) is 0. The molecule has 0 unspecified atom stereocenters. The molecule has 0 nitrogen and oxygen atoms in total. The second-order valence-electron chi connectivity index (χ2n) is 5.16. The van der Waals surface area contributed by atoms with Crippen molar-refractivity contribution in [3.63, 3.8) is 0 Å². The summed E-state index contributed by atoms with van der Waals surface area (Å²) in [5.41, 5.74) is 1.49. The van der Waals surface area contributed by atoms with Crippen LogP contribution in [-0.4, -0.2) is 0 Å². The van der Waals surface area contributed by atoms with Gasteiger partial charge in [-0.05, 0) is 12.8 Å². The Bertz CT molecular complexity index is 332. The van der Waals surface area contributed by atoms with E-state index in [9.17, 15) is 0 Å². The van der Waals surface area contributed by atoms with Gasteiger partial charge in [0, 0.05) is 5.54 Å². The number of hydrogen-bond acceptors (Lipinski definition) is 0. The average molecular weight is 307 g/mol. The van der Waals surface area contributed by atoms with Crippen LogP contribution in [-0.2, 0) is 0 Å². The molecule has 0 N–H and O–H groups in total. The minimum absolute atomic E-state index is 1.20. The van der Waals surface area contributed by atoms with Crippen molar-refractivity contribution in [1.29, 1.82) is 0 Å². The van der Waals surface area contributed by atoms with Gasteiger partial charge in [-0.2, -0.15) is 0 Å². The summed E-state index contributed by atoms with van der Waals surface area (Å²) in [4.78, 5) is 0. The predicted molar refractivity (Wildman–Crippen MR) is 98.8 cm³/mol. The number of unbranched alkanes of at least 4 members (excludes halogenated alkanes) is 8. The number of hydrogen-bond donors (Lipinski definition) is 0. The van der Waals surface area contributed by atoms with Crippen molar-refractivity contribution >= 4 is 11.6 Å². The van der Waals surface area contributed by atoms with E-state index in [1.165, 1.54) is 63.3 Å². The molecule has 0 aliphatic heterocycles. The Morgan fingerprint density at radius 3 is 1.62 bits per heavy atom. The quantitative estimate of drug-likeness (QED) is 0.244. The minimum Gasteiger partial charge on any atom is -0.0930 e. The standard InChI is InChI=1S/C20H31Cl/c1-2-3-4-5-6-7-8-9-10-11-12-13-14-15-16-17-18-19-20-21/h11-20H,2-10H2,1H3/b12-11+,14-13+,16-15+,18-17+,20-19+. The Kier molecular flexibility index (Phi) is 18.1. The monoisotopic (exact) mass is 306 g/mol. The van der Waals surface area contributed by atoms with Gasteiger partial charge in [-0.25, -0.2) is 0 Å². The van der Waals surface area contributed by atoms with E-state index in [0.717, 1.165) is 0 Å². The molecule has 0 amide bonds. The Labute approximate surface area is 137 Å². The molecule has 0 saturated carbocycles. The van der Waals surface area contributed by atoms with Gasteiger partial charge in [0.05, 0.1) is 0 Å². The second kappa shape index (κ2) is 19.0. The normalized spacial score (nSPS) is 13.0. The van der Waals surface area contributed by atoms with E-state index in [0.29, 0.717) is 0 Å². The molecule has 0 bridgehead atoms. The fraction of sp³-hybridized carbons (Fsp3) is 0.500. The van der Waals surface area contributed by atoms with E-state index in [2.05, 4.69) is 25.2 Å². The maximum absolute atomic E-state index is 5.39. The van der Waals surface area contributed by atoms with Crippen molar-refractivity contribution in [2.75, 3.05) is 0 Å². The highest BCUT2D eigenvalue weighted by Crippen LogP contribution is 2.09. The molecular formula is C20H31Cl. The molecule has 0 rings (SSSR count). The van der Waals surface area contributed by atoms with Crippen LogP contribution in [0.5, 0.6) is 0 Å². The summed E-state index contributed by atoms with van der Waals surface area (Å²) in [5.74, 6) is 0. The highest BCUT2D eigenvalue weighted by atomic mass is 35.5. The van der Waals surface area contributed by atoms with E-state index in [1.54, 1.807) is 6.08 Å². The maximum atomic E-state index is 5.39. The molecule has 1 heteroatoms. The molecule has 21 heavy (non-hydrogen) atoms. The molecule has 0 aliphatic rings. The first-order chi connectivity index (χ1) is 10.4. The first-order valence-corrected chi connectivity index (χ1v) is 8.77. The number of rotatable bonds is 13. The van der Waals surface area contributed by atoms with Crippen LogP contribution in [0.2, 0.25) is 0 Å². The molecule has 0 atom stereocenters. The Morgan fingerprint density at radius 2 is 1.05 bits per heavy atom. The lowest BCUT2D eigenvalue weighted by molar-refractivity contribution is 0.577. The van der Waals surface area contributed by atoms with Crippen molar-refractivity contribution in [2.45, 2.75) is 64.7 Å². The molecule has 0 aromatic carbocycles. The van der Waals surface area contributed by atoms with Gasteiger partial charge in [0.15, 0.2) is 0 Å². The van der Waals surface area contributed by atoms with Gasteiger partial charge < -0.3 is 0 Å². The lowest BCUT2D eigenvalue weighted by atomic mass is 10.1. The minimum atomic E-state index is 1.20. The van der Waals surface area contributed by atoms with Crippen molar-refractivity contribution in [3.05, 3.63) is 60.2 Å². The largest absolute Gasteiger partial charge is 0.0930 e. The Hall–Kier alpha value is -1.01. The highest BCUT2D eigenvalue weighted by Gasteiger charge is 1.89. The molecule has 0 fully saturated rings. The van der Waals surface area contributed by atoms with Crippen molar-refractivity contribution < 1.29 is 0 Å². The van der Waals surface area contributed by atoms with Gasteiger partial charge in [0.2, 0.25) is 0 Å². The smallest absolute Gasteiger partial charge is 0.00424 e. The second-order valence-corrected chi connectivity index (χ2v) is 5.42. The predicted octanol–water partition coefficient (Wildman–Crippen LogP) is 7.49. The van der Waals surface area contributed by atoms with Gasteiger partial charge in [0.25, 0.3) is 0 Å². The molecule has 0 heterocycles. The molecule has 0 aliphatic carbocycles. The van der Waals surface area contributed by atoms with Crippen LogP contribution < -0.4 is 0 Å². The van der Waals surface area contributed by atoms with Crippen LogP contribution in [0, 0.1) is 0 Å². The molecule has 0 aromatic heterocycles. The van der Waals surface area contributed by atoms with Gasteiger partial charge in [-0.1, -0.05) is 118 Å². The SMILES string of the molecule is CCCCCCCCCC/C=C/C=C/C=C/C=C/C=C/Cl. The summed E-state index contributed by atoms with van der Waals surface area (Å²) in [6, 6.07) is 0. The van der Waals surface area contributed by atoms with E-state index >= 15 is 0 Å². The topological polar surface area (TPSA) is 0 Å². The van der Waals surface area contributed by atoms with Gasteiger partial charge in [0.1, 0.15) is 0 Å². The van der Waals surface area contributed by atoms with Crippen LogP contribution in [0.4, 0.5) is 0 Å². The summed E-state index contributed by atoms with van der Waals surface area (Å²) in [5, 5.41) is 0. The zero-order chi connectivity index (χ0) is 15.4. The van der Waals surface area contributed by atoms with Crippen LogP contribution in [0.1, 0.15) is 64.7 Å². The highest BCUT2D eigenvalue weighted by molar-refractivity contribution is 6.25. The van der Waals surface area contributed by atoms with Crippen LogP contribution in [0.25, 0.3) is 0 Å². The summed E-state index contributed by atoms with van der Waals surface area (Å²) < 4.78 is 0. The lowest BCUT2D eigenvalue weighted by Crippen LogP contribution is -1.79. The molecule has 118 valence electrons. The van der Waals surface area contributed by atoms with Crippen LogP contribution >= 0.6 is 11.6 Å². The van der Waals surface area contributed by atoms with Crippen LogP contribution in [0.15, 0.2) is 60.2 Å². The van der Waals surface area contributed by atoms with Gasteiger partial charge in [-0.3, -0.25) is 0 Å². The van der Waals surface area contributed by atoms with E-state index in [-0.39, 0.29) is 0 Å². The van der Waals surface area contributed by atoms with E-state index in [1.807, 2.05) is 30.4 Å². The van der Waals surface area contributed by atoms with Gasteiger partial charge >= 0.3 is 0 Å². The average Bonchev–Trinajstić information content (AvgIpc) is 2.50. The van der Waals surface area contributed by atoms with Crippen molar-refractivity contribution in [2.24, 2.45) is 0 Å². The molecule has 0 aromatic rings. The maximum Gasteiger partial charge on any atom is 0.00424 e. The fourth-order valence-electron chi connectivity index (χ4n) is 2.00. The third-order valence-electron chi connectivity index (χ3n) is 3.21. The fourth-order valence-corrected chi connectivity index (χ4v) is 2.08. The third kappa shape index (κ3) is 19.0. The molecule has 0 spiro atoms. The number of allylic oxidation sites excluding steroid dienone is 9. The van der Waals surface area contributed by atoms with E-state index < -0.39 is 0 Å². The van der Waals surface area contributed by atoms with Crippen LogP contribution in [0.3, 0.4) is 0 Å². The van der Waals surface area contributed by atoms with Gasteiger partial charge in [-0.15, -0.1) is 0 Å². The summed E-state index contributed by atoms with van der Waals surface area (Å²) in [6.07, 6.45) is 30.5. The number of halogens is 1. The Balaban J connectivity index is 3.36. The molecular weight excluding hydrogens is 276 g/mol. The van der Waals surface area contributed by atoms with Crippen molar-refractivity contribution in [1.82, 2.24) is 0 Å². The molecule has 0 radical (unpaired) electrons. The first-order valence-electron chi connectivity index (χ1n) is 8.33. The zero-order valence-electron chi connectivity index (χ0n) is 13.5. The third-order valence-corrected chi connectivity index (χ3v) is 3.36. The lowest BCUT2D eigenvalue weighted by Gasteiger charge is -1.99. The summed E-state index contributed by atoms with van der Waals surface area (Å²) >= 11 is 5.39. The first kappa shape index (κ1) is 20.0. The zero-order valence-corrected chi connectivity index (χ0v) is 14.3. The Morgan fingerprint density at radius 1 is 0.571 bits per heavy atom. The summed E-state index contributed by atoms with van der Waals surface area (Å²) in [6.45, 7) is 2.27.